The van der Waals surface area contributed by atoms with Crippen LogP contribution in [0.2, 0.25) is 0 Å². The Bertz CT molecular complexity index is 329. The van der Waals surface area contributed by atoms with Crippen molar-refractivity contribution in [3.05, 3.63) is 36.5 Å². The molecule has 0 fully saturated rings. The first-order valence-corrected chi connectivity index (χ1v) is 8.05. The van der Waals surface area contributed by atoms with E-state index in [0.717, 1.165) is 25.7 Å². The molecule has 3 heteroatoms. The maximum absolute atomic E-state index is 10.3. The number of allylic oxidation sites excluding steroid dienone is 6. The van der Waals surface area contributed by atoms with E-state index in [1.54, 1.807) is 0 Å². The van der Waals surface area contributed by atoms with Gasteiger partial charge in [-0.2, -0.15) is 0 Å². The maximum Gasteiger partial charge on any atom is 0.303 e. The lowest BCUT2D eigenvalue weighted by molar-refractivity contribution is -0.137. The molecule has 0 rings (SSSR count). The average Bonchev–Trinajstić information content (AvgIpc) is 2.45. The molecule has 0 saturated heterocycles. The number of carboxylic acid groups (broad SMARTS) is 1. The SMILES string of the molecule is CCCC/C=C/C=C/C=C/CCC(O)CCCCC(=O)O. The van der Waals surface area contributed by atoms with Crippen molar-refractivity contribution in [2.45, 2.75) is 70.8 Å². The van der Waals surface area contributed by atoms with E-state index in [9.17, 15) is 9.90 Å². The van der Waals surface area contributed by atoms with Gasteiger partial charge in [0.15, 0.2) is 0 Å². The Hall–Kier alpha value is -1.35. The molecule has 0 aliphatic heterocycles. The third kappa shape index (κ3) is 16.6. The third-order valence-electron chi connectivity index (χ3n) is 3.17. The monoisotopic (exact) mass is 294 g/mol. The Morgan fingerprint density at radius 1 is 0.952 bits per heavy atom. The van der Waals surface area contributed by atoms with E-state index in [2.05, 4.69) is 25.2 Å². The molecule has 1 atom stereocenters. The van der Waals surface area contributed by atoms with Crippen LogP contribution in [0.15, 0.2) is 36.5 Å². The van der Waals surface area contributed by atoms with Gasteiger partial charge in [0, 0.05) is 6.42 Å². The first kappa shape index (κ1) is 19.7. The number of rotatable bonds is 13. The number of aliphatic hydroxyl groups excluding tert-OH is 1. The number of carbonyl (C=O) groups is 1. The summed E-state index contributed by atoms with van der Waals surface area (Å²) in [6.45, 7) is 2.19. The third-order valence-corrected chi connectivity index (χ3v) is 3.17. The number of carboxylic acids is 1. The van der Waals surface area contributed by atoms with Gasteiger partial charge in [0.25, 0.3) is 0 Å². The van der Waals surface area contributed by atoms with Gasteiger partial charge in [-0.15, -0.1) is 0 Å². The lowest BCUT2D eigenvalue weighted by Crippen LogP contribution is -2.06. The number of aliphatic carboxylic acids is 1. The molecule has 0 aliphatic rings. The quantitative estimate of drug-likeness (QED) is 0.384. The molecule has 0 heterocycles. The van der Waals surface area contributed by atoms with E-state index in [1.165, 1.54) is 12.8 Å². The van der Waals surface area contributed by atoms with Gasteiger partial charge in [-0.25, -0.2) is 0 Å². The molecule has 0 aromatic rings. The van der Waals surface area contributed by atoms with E-state index < -0.39 is 5.97 Å². The second-order valence-corrected chi connectivity index (χ2v) is 5.25. The standard InChI is InChI=1S/C18H30O3/c1-2-3-4-5-6-7-8-9-10-11-14-17(19)15-12-13-16-18(20)21/h5-10,17,19H,2-4,11-16H2,1H3,(H,20,21)/b6-5+,8-7+,10-9+. The summed E-state index contributed by atoms with van der Waals surface area (Å²) >= 11 is 0. The van der Waals surface area contributed by atoms with Crippen LogP contribution >= 0.6 is 0 Å². The summed E-state index contributed by atoms with van der Waals surface area (Å²) in [6, 6.07) is 0. The maximum atomic E-state index is 10.3. The largest absolute Gasteiger partial charge is 0.481 e. The van der Waals surface area contributed by atoms with Crippen LogP contribution < -0.4 is 0 Å². The van der Waals surface area contributed by atoms with Gasteiger partial charge in [0.1, 0.15) is 0 Å². The molecule has 0 amide bonds. The molecule has 0 aliphatic carbocycles. The van der Waals surface area contributed by atoms with Gasteiger partial charge in [0.2, 0.25) is 0 Å². The van der Waals surface area contributed by atoms with Crippen molar-refractivity contribution >= 4 is 5.97 Å². The number of aliphatic hydroxyl groups is 1. The van der Waals surface area contributed by atoms with Crippen LogP contribution in [0.25, 0.3) is 0 Å². The van der Waals surface area contributed by atoms with Crippen molar-refractivity contribution in [3.8, 4) is 0 Å². The van der Waals surface area contributed by atoms with Crippen LogP contribution in [0, 0.1) is 0 Å². The smallest absolute Gasteiger partial charge is 0.303 e. The molecular weight excluding hydrogens is 264 g/mol. The topological polar surface area (TPSA) is 57.5 Å². The van der Waals surface area contributed by atoms with E-state index in [4.69, 9.17) is 5.11 Å². The highest BCUT2D eigenvalue weighted by molar-refractivity contribution is 5.66. The van der Waals surface area contributed by atoms with Gasteiger partial charge >= 0.3 is 5.97 Å². The minimum absolute atomic E-state index is 0.198. The summed E-state index contributed by atoms with van der Waals surface area (Å²) < 4.78 is 0. The number of unbranched alkanes of at least 4 members (excludes halogenated alkanes) is 3. The summed E-state index contributed by atoms with van der Waals surface area (Å²) in [5.41, 5.74) is 0. The summed E-state index contributed by atoms with van der Waals surface area (Å²) in [4.78, 5) is 10.3. The molecule has 2 N–H and O–H groups in total. The molecular formula is C18H30O3. The Morgan fingerprint density at radius 2 is 1.62 bits per heavy atom. The molecule has 0 spiro atoms. The molecule has 0 saturated carbocycles. The number of hydrogen-bond acceptors (Lipinski definition) is 2. The fourth-order valence-corrected chi connectivity index (χ4v) is 1.89. The number of hydrogen-bond donors (Lipinski definition) is 2. The van der Waals surface area contributed by atoms with Crippen LogP contribution in [0.1, 0.15) is 64.7 Å². The zero-order valence-electron chi connectivity index (χ0n) is 13.2. The van der Waals surface area contributed by atoms with Crippen LogP contribution in [0.5, 0.6) is 0 Å². The lowest BCUT2D eigenvalue weighted by atomic mass is 10.1. The summed E-state index contributed by atoms with van der Waals surface area (Å²) in [7, 11) is 0. The summed E-state index contributed by atoms with van der Waals surface area (Å²) in [6.07, 6.45) is 19.5. The molecule has 0 aromatic heterocycles. The molecule has 3 nitrogen and oxygen atoms in total. The Morgan fingerprint density at radius 3 is 2.24 bits per heavy atom. The van der Waals surface area contributed by atoms with Gasteiger partial charge in [-0.1, -0.05) is 62.6 Å². The van der Waals surface area contributed by atoms with E-state index in [1.807, 2.05) is 18.2 Å². The minimum Gasteiger partial charge on any atom is -0.481 e. The van der Waals surface area contributed by atoms with Crippen LogP contribution in [-0.2, 0) is 4.79 Å². The minimum atomic E-state index is -0.761. The Kier molecular flexibility index (Phi) is 14.1. The first-order chi connectivity index (χ1) is 10.2. The van der Waals surface area contributed by atoms with Crippen LogP contribution in [0.3, 0.4) is 0 Å². The summed E-state index contributed by atoms with van der Waals surface area (Å²) in [5.74, 6) is -0.761. The van der Waals surface area contributed by atoms with Crippen LogP contribution in [-0.4, -0.2) is 22.3 Å². The molecule has 120 valence electrons. The van der Waals surface area contributed by atoms with Crippen LogP contribution in [0.4, 0.5) is 0 Å². The predicted molar refractivity (Wildman–Crippen MR) is 88.3 cm³/mol. The molecule has 0 radical (unpaired) electrons. The molecule has 0 aromatic carbocycles. The van der Waals surface area contributed by atoms with Crippen molar-refractivity contribution in [2.24, 2.45) is 0 Å². The zero-order valence-corrected chi connectivity index (χ0v) is 13.2. The summed E-state index contributed by atoms with van der Waals surface area (Å²) in [5, 5.41) is 18.2. The Balaban J connectivity index is 3.50. The van der Waals surface area contributed by atoms with E-state index in [0.29, 0.717) is 12.8 Å². The van der Waals surface area contributed by atoms with Crippen molar-refractivity contribution in [3.63, 3.8) is 0 Å². The first-order valence-electron chi connectivity index (χ1n) is 8.05. The van der Waals surface area contributed by atoms with Gasteiger partial charge in [-0.05, 0) is 32.1 Å². The second-order valence-electron chi connectivity index (χ2n) is 5.25. The highest BCUT2D eigenvalue weighted by Crippen LogP contribution is 2.08. The fraction of sp³-hybridized carbons (Fsp3) is 0.611. The van der Waals surface area contributed by atoms with Gasteiger partial charge in [-0.3, -0.25) is 4.79 Å². The van der Waals surface area contributed by atoms with Gasteiger partial charge < -0.3 is 10.2 Å². The van der Waals surface area contributed by atoms with Crippen molar-refractivity contribution < 1.29 is 15.0 Å². The van der Waals surface area contributed by atoms with Crippen molar-refractivity contribution in [1.82, 2.24) is 0 Å². The van der Waals surface area contributed by atoms with E-state index in [-0.39, 0.29) is 12.5 Å². The predicted octanol–water partition coefficient (Wildman–Crippen LogP) is 4.63. The lowest BCUT2D eigenvalue weighted by Gasteiger charge is -2.07. The Labute approximate surface area is 129 Å². The normalized spacial score (nSPS) is 13.6. The second kappa shape index (κ2) is 15.0. The van der Waals surface area contributed by atoms with Gasteiger partial charge in [0.05, 0.1) is 6.10 Å². The van der Waals surface area contributed by atoms with Crippen molar-refractivity contribution in [2.75, 3.05) is 0 Å². The highest BCUT2D eigenvalue weighted by atomic mass is 16.4. The molecule has 21 heavy (non-hydrogen) atoms. The zero-order chi connectivity index (χ0) is 15.8. The molecule has 0 bridgehead atoms. The fourth-order valence-electron chi connectivity index (χ4n) is 1.89. The highest BCUT2D eigenvalue weighted by Gasteiger charge is 2.03. The molecule has 1 unspecified atom stereocenters. The van der Waals surface area contributed by atoms with E-state index >= 15 is 0 Å². The average molecular weight is 294 g/mol. The van der Waals surface area contributed by atoms with Crippen molar-refractivity contribution in [1.29, 1.82) is 0 Å².